The summed E-state index contributed by atoms with van der Waals surface area (Å²) < 4.78 is 19.4. The van der Waals surface area contributed by atoms with Crippen molar-refractivity contribution < 1.29 is 48.0 Å². The number of carboxylic acids is 1. The standard InChI is InChI=1S/C20H27N3O2.C18H23N3O2.C16H21Cl2N3O2.C12H21NO2.C6H13NO2/c1-5-9-10-11-14-23(15-12-13-19(24)25-8-4)20-21-17(6-2)16-18(7-3)22-20;1-4-7-8-9-12-21(13-10-11-17(22)23)18-19-15(5-2)14-16(6-3)20-18;1-3-5-6-7-10-21(11-8-9-15(22)23-4-2)16-19-13(17)12-14(18)20-16;1-3-5-6-7-10-13-11-8-9-12(14)15-4-2;1-2-9-6(8)4-3-5-7/h1,6-7,16H,2-3,8-15H2,4H3;1,5-6,14H,2-3,7-13H2,(H,22,23);1,12H,4-11H2,2H3;1,13H,4-11H2,2H3;2-5,7H2,1H3. The Morgan fingerprint density at radius 3 is 1.04 bits per heavy atom. The molecule has 0 aliphatic heterocycles. The van der Waals surface area contributed by atoms with E-state index in [2.05, 4.69) is 94.9 Å². The number of nitrogens with zero attached hydrogens (tertiary/aromatic N) is 9. The van der Waals surface area contributed by atoms with Gasteiger partial charge in [-0.3, -0.25) is 24.0 Å². The topological polar surface area (TPSA) is 268 Å². The Bertz CT molecular complexity index is 2780. The summed E-state index contributed by atoms with van der Waals surface area (Å²) in [6.07, 6.45) is 43.7. The van der Waals surface area contributed by atoms with Gasteiger partial charge in [0.15, 0.2) is 0 Å². The van der Waals surface area contributed by atoms with E-state index in [-0.39, 0.29) is 30.3 Å². The molecule has 3 aromatic heterocycles. The maximum atomic E-state index is 11.5. The highest BCUT2D eigenvalue weighted by Gasteiger charge is 2.16. The number of rotatable bonds is 46. The third-order valence-electron chi connectivity index (χ3n) is 12.7. The zero-order valence-corrected chi connectivity index (χ0v) is 58.4. The molecule has 0 unspecified atom stereocenters. The van der Waals surface area contributed by atoms with Gasteiger partial charge in [0.1, 0.15) is 10.3 Å². The number of aromatic nitrogens is 6. The number of anilines is 3. The highest BCUT2D eigenvalue weighted by molar-refractivity contribution is 6.33. The number of aliphatic carboxylic acids is 1. The third kappa shape index (κ3) is 49.9. The van der Waals surface area contributed by atoms with Gasteiger partial charge in [0.25, 0.3) is 0 Å². The molecule has 0 spiro atoms. The molecule has 95 heavy (non-hydrogen) atoms. The molecule has 3 heterocycles. The maximum absolute atomic E-state index is 11.5. The van der Waals surface area contributed by atoms with Gasteiger partial charge in [-0.05, 0) is 167 Å². The normalized spacial score (nSPS) is 9.84. The van der Waals surface area contributed by atoms with E-state index >= 15 is 0 Å². The van der Waals surface area contributed by atoms with Crippen LogP contribution in [0.1, 0.15) is 192 Å². The van der Waals surface area contributed by atoms with Crippen LogP contribution in [0.4, 0.5) is 17.8 Å². The summed E-state index contributed by atoms with van der Waals surface area (Å²) in [5.41, 5.74) is 8.10. The number of carbonyl (C=O) groups excluding carboxylic acids is 4. The molecule has 0 aromatic carbocycles. The SMILES string of the molecule is C#CCCCCN(CCCC(=O)O)c1nc(C=C)cc(C=C)n1.C#CCCCCN(CCCC(=O)OCC)c1nc(C=C)cc(C=C)n1.C#CCCCCN(CCCC(=O)OCC)c1nc(Cl)cc(Cl)n1.C#CCCCCNCCCC(=O)OCC.CCOC(=O)CCCN. The molecule has 0 atom stereocenters. The lowest BCUT2D eigenvalue weighted by atomic mass is 10.2. The minimum absolute atomic E-state index is 0.105. The van der Waals surface area contributed by atoms with Gasteiger partial charge in [-0.15, -0.1) is 49.4 Å². The van der Waals surface area contributed by atoms with E-state index in [9.17, 15) is 24.0 Å². The summed E-state index contributed by atoms with van der Waals surface area (Å²) in [4.78, 5) is 87.6. The minimum Gasteiger partial charge on any atom is -0.481 e. The van der Waals surface area contributed by atoms with Gasteiger partial charge in [-0.1, -0.05) is 49.5 Å². The first-order valence-electron chi connectivity index (χ1n) is 32.6. The van der Waals surface area contributed by atoms with Crippen LogP contribution in [-0.2, 0) is 42.9 Å². The Morgan fingerprint density at radius 2 is 0.737 bits per heavy atom. The fraction of sp³-hybridized carbons (Fsp3) is 0.542. The molecule has 0 aliphatic rings. The van der Waals surface area contributed by atoms with Crippen molar-refractivity contribution in [3.05, 3.63) is 77.6 Å². The zero-order chi connectivity index (χ0) is 71.1. The number of halogens is 2. The first-order valence-corrected chi connectivity index (χ1v) is 33.4. The lowest BCUT2D eigenvalue weighted by Gasteiger charge is -2.23. The third-order valence-corrected chi connectivity index (χ3v) is 13.1. The Morgan fingerprint density at radius 1 is 0.453 bits per heavy atom. The molecule has 3 aromatic rings. The van der Waals surface area contributed by atoms with Gasteiger partial charge in [0, 0.05) is 103 Å². The zero-order valence-electron chi connectivity index (χ0n) is 56.9. The van der Waals surface area contributed by atoms with E-state index in [4.69, 9.17) is 73.9 Å². The molecule has 0 fully saturated rings. The number of nitrogens with two attached hydrogens (primary N) is 1. The molecule has 522 valence electrons. The molecular formula is C72H105Cl2N11O10. The molecule has 0 saturated heterocycles. The fourth-order valence-corrected chi connectivity index (χ4v) is 8.49. The van der Waals surface area contributed by atoms with E-state index in [1.807, 2.05) is 22.8 Å². The first-order chi connectivity index (χ1) is 45.9. The van der Waals surface area contributed by atoms with Gasteiger partial charge < -0.3 is 49.8 Å². The molecule has 0 radical (unpaired) electrons. The van der Waals surface area contributed by atoms with Crippen LogP contribution >= 0.6 is 23.2 Å². The highest BCUT2D eigenvalue weighted by Crippen LogP contribution is 2.20. The number of unbranched alkanes of at least 4 members (excludes halogenated alkanes) is 8. The number of nitrogens with one attached hydrogen (secondary N) is 1. The number of hydrogen-bond donors (Lipinski definition) is 3. The summed E-state index contributed by atoms with van der Waals surface area (Å²) in [6.45, 7) is 30.5. The lowest BCUT2D eigenvalue weighted by Crippen LogP contribution is -2.28. The summed E-state index contributed by atoms with van der Waals surface area (Å²) in [5, 5.41) is 12.7. The number of terminal acetylenes is 4. The molecule has 21 nitrogen and oxygen atoms in total. The van der Waals surface area contributed by atoms with Gasteiger partial charge in [-0.25, -0.2) is 29.9 Å². The van der Waals surface area contributed by atoms with Gasteiger partial charge >= 0.3 is 29.8 Å². The second-order valence-corrected chi connectivity index (χ2v) is 21.2. The van der Waals surface area contributed by atoms with E-state index < -0.39 is 5.97 Å². The molecular weight excluding hydrogens is 1250 g/mol. The van der Waals surface area contributed by atoms with Gasteiger partial charge in [0.2, 0.25) is 17.8 Å². The van der Waals surface area contributed by atoms with Crippen LogP contribution in [0, 0.1) is 49.4 Å². The van der Waals surface area contributed by atoms with Crippen LogP contribution in [0.5, 0.6) is 0 Å². The summed E-state index contributed by atoms with van der Waals surface area (Å²) >= 11 is 11.9. The maximum Gasteiger partial charge on any atom is 0.305 e. The molecule has 0 saturated carbocycles. The van der Waals surface area contributed by atoms with Crippen molar-refractivity contribution in [2.45, 2.75) is 169 Å². The average Bonchev–Trinajstić information content (AvgIpc) is 1.26. The number of esters is 4. The second kappa shape index (κ2) is 61.8. The fourth-order valence-electron chi connectivity index (χ4n) is 8.08. The van der Waals surface area contributed by atoms with Gasteiger partial charge in [-0.2, -0.15) is 0 Å². The largest absolute Gasteiger partial charge is 0.481 e. The molecule has 3 rings (SSSR count). The summed E-state index contributed by atoms with van der Waals surface area (Å²) in [5.74, 6) is 10.7. The summed E-state index contributed by atoms with van der Waals surface area (Å²) in [6, 6.07) is 5.12. The Kier molecular flexibility index (Phi) is 57.8. The molecule has 23 heteroatoms. The van der Waals surface area contributed by atoms with Crippen molar-refractivity contribution in [2.24, 2.45) is 5.73 Å². The van der Waals surface area contributed by atoms with Gasteiger partial charge in [0.05, 0.1) is 49.2 Å². The van der Waals surface area contributed by atoms with Crippen LogP contribution in [0.15, 0.2) is 44.5 Å². The molecule has 0 bridgehead atoms. The first kappa shape index (κ1) is 88.7. The average molecular weight is 1360 g/mol. The minimum atomic E-state index is -0.801. The quantitative estimate of drug-likeness (QED) is 0.0156. The Hall–Kier alpha value is -8.31. The monoisotopic (exact) mass is 1350 g/mol. The van der Waals surface area contributed by atoms with Crippen molar-refractivity contribution >= 4 is 95.2 Å². The Balaban J connectivity index is 0. The van der Waals surface area contributed by atoms with Crippen LogP contribution < -0.4 is 25.8 Å². The second-order valence-electron chi connectivity index (χ2n) is 20.4. The smallest absolute Gasteiger partial charge is 0.305 e. The molecule has 0 aliphatic carbocycles. The van der Waals surface area contributed by atoms with Crippen molar-refractivity contribution in [1.29, 1.82) is 0 Å². The van der Waals surface area contributed by atoms with E-state index in [1.54, 1.807) is 51.1 Å². The van der Waals surface area contributed by atoms with Crippen LogP contribution in [0.3, 0.4) is 0 Å². The predicted molar refractivity (Wildman–Crippen MR) is 386 cm³/mol. The van der Waals surface area contributed by atoms with Crippen LogP contribution in [0.2, 0.25) is 10.3 Å². The summed E-state index contributed by atoms with van der Waals surface area (Å²) in [7, 11) is 0. The van der Waals surface area contributed by atoms with Crippen molar-refractivity contribution in [2.75, 3.05) is 100 Å². The van der Waals surface area contributed by atoms with Crippen molar-refractivity contribution in [3.8, 4) is 49.4 Å². The van der Waals surface area contributed by atoms with E-state index in [1.165, 1.54) is 6.07 Å². The number of carboxylic acid groups (broad SMARTS) is 1. The van der Waals surface area contributed by atoms with Crippen molar-refractivity contribution in [3.63, 3.8) is 0 Å². The Labute approximate surface area is 577 Å². The number of hydrogen-bond acceptors (Lipinski definition) is 20. The predicted octanol–water partition coefficient (Wildman–Crippen LogP) is 12.7. The number of carbonyl (C=O) groups is 5. The number of ether oxygens (including phenoxy) is 4. The molecule has 4 N–H and O–H groups in total. The molecule has 0 amide bonds. The van der Waals surface area contributed by atoms with E-state index in [0.717, 1.165) is 145 Å². The highest BCUT2D eigenvalue weighted by atomic mass is 35.5. The van der Waals surface area contributed by atoms with Crippen LogP contribution in [0.25, 0.3) is 24.3 Å². The lowest BCUT2D eigenvalue weighted by molar-refractivity contribution is -0.144. The van der Waals surface area contributed by atoms with E-state index in [0.29, 0.717) is 126 Å². The van der Waals surface area contributed by atoms with Crippen LogP contribution in [-0.4, -0.2) is 150 Å². The van der Waals surface area contributed by atoms with Crippen molar-refractivity contribution in [1.82, 2.24) is 35.2 Å².